The average Bonchev–Trinajstić information content (AvgIpc) is 2.08. The van der Waals surface area contributed by atoms with E-state index >= 15 is 0 Å². The molecule has 1 aromatic heterocycles. The van der Waals surface area contributed by atoms with Crippen molar-refractivity contribution in [2.45, 2.75) is 6.92 Å². The number of ketones is 1. The van der Waals surface area contributed by atoms with Crippen LogP contribution in [0, 0.1) is 6.92 Å². The Morgan fingerprint density at radius 1 is 1.67 bits per heavy atom. The molecule has 0 unspecified atom stereocenters. The van der Waals surface area contributed by atoms with Crippen molar-refractivity contribution in [3.63, 3.8) is 0 Å². The molecule has 0 aromatic carbocycles. The van der Waals surface area contributed by atoms with Crippen molar-refractivity contribution in [2.75, 3.05) is 5.33 Å². The van der Waals surface area contributed by atoms with Gasteiger partial charge in [-0.15, -0.1) is 0 Å². The van der Waals surface area contributed by atoms with Gasteiger partial charge in [0.25, 0.3) is 0 Å². The monoisotopic (exact) mass is 247 g/mol. The first-order valence-corrected chi connectivity index (χ1v) is 4.87. The Labute approximate surface area is 84.1 Å². The number of aryl methyl sites for hydroxylation is 1. The third-order valence-electron chi connectivity index (χ3n) is 1.43. The predicted molar refractivity (Wildman–Crippen MR) is 52.1 cm³/mol. The Morgan fingerprint density at radius 2 is 2.33 bits per heavy atom. The van der Waals surface area contributed by atoms with Crippen molar-refractivity contribution in [3.05, 3.63) is 28.5 Å². The summed E-state index contributed by atoms with van der Waals surface area (Å²) in [6, 6.07) is 3.30. The fraction of sp³-hybridized carbons (Fsp3) is 0.250. The molecular weight excluding hydrogens is 241 g/mol. The lowest BCUT2D eigenvalue weighted by molar-refractivity contribution is 0.101. The van der Waals surface area contributed by atoms with Crippen LogP contribution in [-0.4, -0.2) is 16.1 Å². The number of halogens is 2. The van der Waals surface area contributed by atoms with E-state index in [-0.39, 0.29) is 5.78 Å². The highest BCUT2D eigenvalue weighted by Gasteiger charge is 2.06. The van der Waals surface area contributed by atoms with Gasteiger partial charge in [-0.05, 0) is 19.1 Å². The summed E-state index contributed by atoms with van der Waals surface area (Å²) >= 11 is 8.82. The average molecular weight is 249 g/mol. The van der Waals surface area contributed by atoms with Crippen molar-refractivity contribution in [3.8, 4) is 0 Å². The van der Waals surface area contributed by atoms with E-state index in [1.165, 1.54) is 0 Å². The van der Waals surface area contributed by atoms with Crippen LogP contribution < -0.4 is 0 Å². The number of carbonyl (C=O) groups excluding carboxylic acids is 1. The molecule has 0 amide bonds. The summed E-state index contributed by atoms with van der Waals surface area (Å²) < 4.78 is 0. The first-order chi connectivity index (χ1) is 5.65. The molecule has 4 heteroatoms. The molecule has 12 heavy (non-hydrogen) atoms. The molecule has 0 N–H and O–H groups in total. The van der Waals surface area contributed by atoms with Gasteiger partial charge in [-0.1, -0.05) is 27.5 Å². The molecule has 0 bridgehead atoms. The Balaban J connectivity index is 3.05. The SMILES string of the molecule is Cc1nc(C(=O)CBr)ccc1Cl. The van der Waals surface area contributed by atoms with E-state index in [1.54, 1.807) is 19.1 Å². The second-order valence-electron chi connectivity index (χ2n) is 2.32. The lowest BCUT2D eigenvalue weighted by Crippen LogP contribution is -2.03. The van der Waals surface area contributed by atoms with Crippen molar-refractivity contribution in [2.24, 2.45) is 0 Å². The zero-order valence-electron chi connectivity index (χ0n) is 6.47. The molecule has 0 atom stereocenters. The van der Waals surface area contributed by atoms with Crippen LogP contribution in [0.1, 0.15) is 16.2 Å². The smallest absolute Gasteiger partial charge is 0.191 e. The fourth-order valence-electron chi connectivity index (χ4n) is 0.768. The number of alkyl halides is 1. The van der Waals surface area contributed by atoms with Crippen molar-refractivity contribution in [1.29, 1.82) is 0 Å². The molecule has 0 aliphatic heterocycles. The van der Waals surface area contributed by atoms with Gasteiger partial charge in [0, 0.05) is 0 Å². The van der Waals surface area contributed by atoms with E-state index in [9.17, 15) is 4.79 Å². The number of nitrogens with zero attached hydrogens (tertiary/aromatic N) is 1. The maximum atomic E-state index is 11.1. The largest absolute Gasteiger partial charge is 0.291 e. The highest BCUT2D eigenvalue weighted by atomic mass is 79.9. The summed E-state index contributed by atoms with van der Waals surface area (Å²) in [5.41, 5.74) is 1.14. The van der Waals surface area contributed by atoms with Gasteiger partial charge in [-0.3, -0.25) is 4.79 Å². The van der Waals surface area contributed by atoms with Crippen molar-refractivity contribution in [1.82, 2.24) is 4.98 Å². The summed E-state index contributed by atoms with van der Waals surface area (Å²) in [4.78, 5) is 15.2. The lowest BCUT2D eigenvalue weighted by atomic mass is 10.2. The second kappa shape index (κ2) is 4.01. The number of pyridine rings is 1. The number of hydrogen-bond donors (Lipinski definition) is 0. The van der Waals surface area contributed by atoms with E-state index in [0.29, 0.717) is 21.7 Å². The third-order valence-corrected chi connectivity index (χ3v) is 2.34. The van der Waals surface area contributed by atoms with E-state index in [0.717, 1.165) is 0 Å². The van der Waals surface area contributed by atoms with Crippen LogP contribution in [0.3, 0.4) is 0 Å². The molecule has 1 heterocycles. The van der Waals surface area contributed by atoms with Crippen LogP contribution in [0.25, 0.3) is 0 Å². The topological polar surface area (TPSA) is 30.0 Å². The lowest BCUT2D eigenvalue weighted by Gasteiger charge is -1.99. The minimum atomic E-state index is -0.0326. The first-order valence-electron chi connectivity index (χ1n) is 3.37. The summed E-state index contributed by atoms with van der Waals surface area (Å²) in [5, 5.41) is 0.877. The van der Waals surface area contributed by atoms with Gasteiger partial charge in [0.15, 0.2) is 5.78 Å². The summed E-state index contributed by atoms with van der Waals surface area (Å²) in [7, 11) is 0. The van der Waals surface area contributed by atoms with Crippen molar-refractivity contribution >= 4 is 33.3 Å². The van der Waals surface area contributed by atoms with Gasteiger partial charge in [0.05, 0.1) is 16.0 Å². The van der Waals surface area contributed by atoms with Crippen LogP contribution in [0.5, 0.6) is 0 Å². The van der Waals surface area contributed by atoms with E-state index < -0.39 is 0 Å². The van der Waals surface area contributed by atoms with Gasteiger partial charge in [0.2, 0.25) is 0 Å². The molecule has 0 saturated carbocycles. The molecule has 0 spiro atoms. The third kappa shape index (κ3) is 2.05. The standard InChI is InChI=1S/C8H7BrClNO/c1-5-6(10)2-3-7(11-5)8(12)4-9/h2-3H,4H2,1H3. The number of Topliss-reactive ketones (excluding diaryl/α,β-unsaturated/α-hetero) is 1. The quantitative estimate of drug-likeness (QED) is 0.595. The summed E-state index contributed by atoms with van der Waals surface area (Å²) in [6.07, 6.45) is 0. The Morgan fingerprint density at radius 3 is 2.83 bits per heavy atom. The van der Waals surface area contributed by atoms with E-state index in [1.807, 2.05) is 0 Å². The normalized spacial score (nSPS) is 9.92. The van der Waals surface area contributed by atoms with Crippen LogP contribution in [0.15, 0.2) is 12.1 Å². The Bertz CT molecular complexity index is 314. The maximum absolute atomic E-state index is 11.1. The zero-order valence-corrected chi connectivity index (χ0v) is 8.82. The molecule has 0 radical (unpaired) electrons. The second-order valence-corrected chi connectivity index (χ2v) is 3.29. The minimum Gasteiger partial charge on any atom is -0.291 e. The van der Waals surface area contributed by atoms with E-state index in [2.05, 4.69) is 20.9 Å². The van der Waals surface area contributed by atoms with Gasteiger partial charge in [-0.2, -0.15) is 0 Å². The highest BCUT2D eigenvalue weighted by Crippen LogP contribution is 2.13. The van der Waals surface area contributed by atoms with E-state index in [4.69, 9.17) is 11.6 Å². The fourth-order valence-corrected chi connectivity index (χ4v) is 1.16. The van der Waals surface area contributed by atoms with Crippen LogP contribution in [-0.2, 0) is 0 Å². The van der Waals surface area contributed by atoms with Gasteiger partial charge in [-0.25, -0.2) is 4.98 Å². The van der Waals surface area contributed by atoms with Crippen molar-refractivity contribution < 1.29 is 4.79 Å². The molecule has 0 saturated heterocycles. The molecule has 1 rings (SSSR count). The first kappa shape index (κ1) is 9.68. The van der Waals surface area contributed by atoms with Crippen LogP contribution in [0.4, 0.5) is 0 Å². The number of rotatable bonds is 2. The molecule has 0 fully saturated rings. The van der Waals surface area contributed by atoms with Crippen LogP contribution >= 0.6 is 27.5 Å². The molecule has 2 nitrogen and oxygen atoms in total. The molecule has 1 aromatic rings. The molecule has 64 valence electrons. The molecule has 0 aliphatic rings. The zero-order chi connectivity index (χ0) is 9.14. The highest BCUT2D eigenvalue weighted by molar-refractivity contribution is 9.09. The summed E-state index contributed by atoms with van der Waals surface area (Å²) in [5.74, 6) is -0.0326. The number of aromatic nitrogens is 1. The number of hydrogen-bond acceptors (Lipinski definition) is 2. The summed E-state index contributed by atoms with van der Waals surface area (Å²) in [6.45, 7) is 1.77. The maximum Gasteiger partial charge on any atom is 0.191 e. The minimum absolute atomic E-state index is 0.0326. The predicted octanol–water partition coefficient (Wildman–Crippen LogP) is 2.62. The number of carbonyl (C=O) groups is 1. The Hall–Kier alpha value is -0.410. The van der Waals surface area contributed by atoms with Gasteiger partial charge < -0.3 is 0 Å². The molecule has 0 aliphatic carbocycles. The Kier molecular flexibility index (Phi) is 3.23. The van der Waals surface area contributed by atoms with Crippen LogP contribution in [0.2, 0.25) is 5.02 Å². The molecular formula is C8H7BrClNO. The van der Waals surface area contributed by atoms with Gasteiger partial charge >= 0.3 is 0 Å². The van der Waals surface area contributed by atoms with Gasteiger partial charge in [0.1, 0.15) is 5.69 Å².